The zero-order valence-corrected chi connectivity index (χ0v) is 9.16. The SMILES string of the molecule is CCOC(=O)CN1C[C@@H](C)O[C@H](C)C1. The highest BCUT2D eigenvalue weighted by atomic mass is 16.5. The van der Waals surface area contributed by atoms with Crippen molar-refractivity contribution in [3.05, 3.63) is 0 Å². The lowest BCUT2D eigenvalue weighted by atomic mass is 10.2. The van der Waals surface area contributed by atoms with E-state index in [2.05, 4.69) is 4.90 Å². The van der Waals surface area contributed by atoms with Gasteiger partial charge in [-0.25, -0.2) is 0 Å². The molecule has 0 unspecified atom stereocenters. The average molecular weight is 201 g/mol. The Morgan fingerprint density at radius 1 is 1.43 bits per heavy atom. The topological polar surface area (TPSA) is 38.8 Å². The second-order valence-electron chi connectivity index (χ2n) is 3.76. The molecule has 1 fully saturated rings. The second kappa shape index (κ2) is 5.32. The third-order valence-electron chi connectivity index (χ3n) is 2.15. The predicted octanol–water partition coefficient (Wildman–Crippen LogP) is 0.659. The first-order valence-electron chi connectivity index (χ1n) is 5.15. The fourth-order valence-electron chi connectivity index (χ4n) is 1.80. The molecule has 1 aliphatic rings. The smallest absolute Gasteiger partial charge is 0.320 e. The van der Waals surface area contributed by atoms with Gasteiger partial charge >= 0.3 is 5.97 Å². The van der Waals surface area contributed by atoms with Gasteiger partial charge in [0.1, 0.15) is 0 Å². The van der Waals surface area contributed by atoms with Crippen molar-refractivity contribution in [1.29, 1.82) is 0 Å². The highest BCUT2D eigenvalue weighted by Crippen LogP contribution is 2.09. The minimum atomic E-state index is -0.145. The molecule has 0 aromatic carbocycles. The Bertz CT molecular complexity index is 186. The third kappa shape index (κ3) is 3.64. The molecular weight excluding hydrogens is 182 g/mol. The van der Waals surface area contributed by atoms with Crippen molar-refractivity contribution in [2.75, 3.05) is 26.2 Å². The van der Waals surface area contributed by atoms with E-state index in [9.17, 15) is 4.79 Å². The largest absolute Gasteiger partial charge is 0.465 e. The van der Waals surface area contributed by atoms with Crippen LogP contribution in [-0.2, 0) is 14.3 Å². The Balaban J connectivity index is 2.33. The molecule has 4 heteroatoms. The lowest BCUT2D eigenvalue weighted by Crippen LogP contribution is -2.47. The average Bonchev–Trinajstić information content (AvgIpc) is 2.01. The van der Waals surface area contributed by atoms with E-state index in [4.69, 9.17) is 9.47 Å². The summed E-state index contributed by atoms with van der Waals surface area (Å²) in [5.41, 5.74) is 0. The van der Waals surface area contributed by atoms with E-state index in [0.717, 1.165) is 13.1 Å². The molecule has 0 N–H and O–H groups in total. The summed E-state index contributed by atoms with van der Waals surface area (Å²) in [5, 5.41) is 0. The Kier molecular flexibility index (Phi) is 4.35. The Morgan fingerprint density at radius 3 is 2.50 bits per heavy atom. The van der Waals surface area contributed by atoms with Gasteiger partial charge in [0, 0.05) is 13.1 Å². The Hall–Kier alpha value is -0.610. The molecule has 1 rings (SSSR count). The minimum absolute atomic E-state index is 0.145. The van der Waals surface area contributed by atoms with Gasteiger partial charge in [0.25, 0.3) is 0 Å². The Morgan fingerprint density at radius 2 is 2.00 bits per heavy atom. The van der Waals surface area contributed by atoms with Crippen LogP contribution in [0.3, 0.4) is 0 Å². The van der Waals surface area contributed by atoms with Crippen molar-refractivity contribution in [1.82, 2.24) is 4.90 Å². The first kappa shape index (κ1) is 11.5. The van der Waals surface area contributed by atoms with E-state index in [1.54, 1.807) is 0 Å². The van der Waals surface area contributed by atoms with Gasteiger partial charge in [-0.3, -0.25) is 9.69 Å². The van der Waals surface area contributed by atoms with Gasteiger partial charge in [0.05, 0.1) is 25.4 Å². The van der Waals surface area contributed by atoms with Gasteiger partial charge in [-0.05, 0) is 20.8 Å². The zero-order valence-electron chi connectivity index (χ0n) is 9.16. The number of esters is 1. The monoisotopic (exact) mass is 201 g/mol. The van der Waals surface area contributed by atoms with Crippen molar-refractivity contribution < 1.29 is 14.3 Å². The maximum atomic E-state index is 11.2. The minimum Gasteiger partial charge on any atom is -0.465 e. The second-order valence-corrected chi connectivity index (χ2v) is 3.76. The van der Waals surface area contributed by atoms with Crippen LogP contribution in [0.1, 0.15) is 20.8 Å². The van der Waals surface area contributed by atoms with E-state index >= 15 is 0 Å². The fraction of sp³-hybridized carbons (Fsp3) is 0.900. The van der Waals surface area contributed by atoms with Crippen LogP contribution >= 0.6 is 0 Å². The van der Waals surface area contributed by atoms with Gasteiger partial charge < -0.3 is 9.47 Å². The number of carbonyl (C=O) groups is 1. The summed E-state index contributed by atoms with van der Waals surface area (Å²) in [6.07, 6.45) is 0.404. The standard InChI is InChI=1S/C10H19NO3/c1-4-13-10(12)7-11-5-8(2)14-9(3)6-11/h8-9H,4-7H2,1-3H3/t8-,9-/m1/s1. The molecule has 0 radical (unpaired) electrons. The molecule has 0 bridgehead atoms. The lowest BCUT2D eigenvalue weighted by Gasteiger charge is -2.34. The molecule has 1 saturated heterocycles. The van der Waals surface area contributed by atoms with E-state index < -0.39 is 0 Å². The van der Waals surface area contributed by atoms with Gasteiger partial charge in [0.2, 0.25) is 0 Å². The molecule has 0 aliphatic carbocycles. The molecule has 0 aromatic heterocycles. The molecule has 4 nitrogen and oxygen atoms in total. The van der Waals surface area contributed by atoms with Gasteiger partial charge in [-0.2, -0.15) is 0 Å². The lowest BCUT2D eigenvalue weighted by molar-refractivity contribution is -0.147. The molecule has 14 heavy (non-hydrogen) atoms. The first-order valence-corrected chi connectivity index (χ1v) is 5.15. The molecule has 1 aliphatic heterocycles. The number of rotatable bonds is 3. The van der Waals surface area contributed by atoms with Crippen LogP contribution in [0, 0.1) is 0 Å². The van der Waals surface area contributed by atoms with Crippen LogP contribution in [0.5, 0.6) is 0 Å². The fourth-order valence-corrected chi connectivity index (χ4v) is 1.80. The number of morpholine rings is 1. The zero-order chi connectivity index (χ0) is 10.6. The summed E-state index contributed by atoms with van der Waals surface area (Å²) < 4.78 is 10.5. The summed E-state index contributed by atoms with van der Waals surface area (Å²) in [6, 6.07) is 0. The molecular formula is C10H19NO3. The van der Waals surface area contributed by atoms with E-state index in [0.29, 0.717) is 13.2 Å². The van der Waals surface area contributed by atoms with Crippen LogP contribution in [0.4, 0.5) is 0 Å². The van der Waals surface area contributed by atoms with Crippen LogP contribution < -0.4 is 0 Å². The number of hydrogen-bond acceptors (Lipinski definition) is 4. The van der Waals surface area contributed by atoms with Gasteiger partial charge in [-0.1, -0.05) is 0 Å². The maximum absolute atomic E-state index is 11.2. The number of ether oxygens (including phenoxy) is 2. The summed E-state index contributed by atoms with van der Waals surface area (Å²) >= 11 is 0. The first-order chi connectivity index (χ1) is 6.61. The molecule has 0 spiro atoms. The van der Waals surface area contributed by atoms with Crippen molar-refractivity contribution in [2.24, 2.45) is 0 Å². The van der Waals surface area contributed by atoms with Crippen molar-refractivity contribution in [3.8, 4) is 0 Å². The highest BCUT2D eigenvalue weighted by molar-refractivity contribution is 5.71. The van der Waals surface area contributed by atoms with Gasteiger partial charge in [0.15, 0.2) is 0 Å². The number of carbonyl (C=O) groups excluding carboxylic acids is 1. The maximum Gasteiger partial charge on any atom is 0.320 e. The molecule has 2 atom stereocenters. The summed E-state index contributed by atoms with van der Waals surface area (Å²) in [5.74, 6) is -0.145. The molecule has 1 heterocycles. The number of nitrogens with zero attached hydrogens (tertiary/aromatic N) is 1. The van der Waals surface area contributed by atoms with Crippen molar-refractivity contribution in [3.63, 3.8) is 0 Å². The van der Waals surface area contributed by atoms with E-state index in [1.165, 1.54) is 0 Å². The van der Waals surface area contributed by atoms with Crippen LogP contribution in [0.2, 0.25) is 0 Å². The molecule has 0 saturated carbocycles. The molecule has 0 amide bonds. The normalized spacial score (nSPS) is 28.8. The van der Waals surface area contributed by atoms with E-state index in [-0.39, 0.29) is 18.2 Å². The highest BCUT2D eigenvalue weighted by Gasteiger charge is 2.23. The van der Waals surface area contributed by atoms with Crippen molar-refractivity contribution >= 4 is 5.97 Å². The summed E-state index contributed by atoms with van der Waals surface area (Å²) in [7, 11) is 0. The van der Waals surface area contributed by atoms with Crippen LogP contribution in [0.15, 0.2) is 0 Å². The van der Waals surface area contributed by atoms with Gasteiger partial charge in [-0.15, -0.1) is 0 Å². The Labute approximate surface area is 85.2 Å². The van der Waals surface area contributed by atoms with Crippen LogP contribution in [-0.4, -0.2) is 49.3 Å². The molecule has 0 aromatic rings. The van der Waals surface area contributed by atoms with Crippen molar-refractivity contribution in [2.45, 2.75) is 33.0 Å². The van der Waals surface area contributed by atoms with Crippen LogP contribution in [0.25, 0.3) is 0 Å². The van der Waals surface area contributed by atoms with E-state index in [1.807, 2.05) is 20.8 Å². The third-order valence-corrected chi connectivity index (χ3v) is 2.15. The molecule has 82 valence electrons. The predicted molar refractivity (Wildman–Crippen MR) is 53.1 cm³/mol. The summed E-state index contributed by atoms with van der Waals surface area (Å²) in [4.78, 5) is 13.3. The quantitative estimate of drug-likeness (QED) is 0.629. The number of hydrogen-bond donors (Lipinski definition) is 0. The summed E-state index contributed by atoms with van der Waals surface area (Å²) in [6.45, 7) is 8.32.